The van der Waals surface area contributed by atoms with Gasteiger partial charge in [0, 0.05) is 6.54 Å². The minimum atomic E-state index is -4.27. The van der Waals surface area contributed by atoms with Gasteiger partial charge in [-0.2, -0.15) is 12.7 Å². The predicted molar refractivity (Wildman–Crippen MR) is 74.8 cm³/mol. The molecule has 0 radical (unpaired) electrons. The van der Waals surface area contributed by atoms with Crippen molar-refractivity contribution in [2.45, 2.75) is 52.7 Å². The maximum atomic E-state index is 12.2. The van der Waals surface area contributed by atoms with Crippen LogP contribution in [0.3, 0.4) is 0 Å². The lowest BCUT2D eigenvalue weighted by atomic mass is 9.77. The Kier molecular flexibility index (Phi) is 5.21. The summed E-state index contributed by atoms with van der Waals surface area (Å²) in [6.45, 7) is 6.59. The number of ether oxygens (including phenoxy) is 1. The first-order valence-corrected chi connectivity index (χ1v) is 8.14. The van der Waals surface area contributed by atoms with Crippen LogP contribution in [0.4, 0.5) is 4.79 Å². The predicted octanol–water partition coefficient (Wildman–Crippen LogP) is 0.941. The summed E-state index contributed by atoms with van der Waals surface area (Å²) in [7, 11) is -4.27. The lowest BCUT2D eigenvalue weighted by Gasteiger charge is -2.42. The molecular weight excluding hydrogens is 300 g/mol. The van der Waals surface area contributed by atoms with Crippen LogP contribution in [-0.4, -0.2) is 48.6 Å². The van der Waals surface area contributed by atoms with Gasteiger partial charge in [-0.05, 0) is 32.1 Å². The van der Waals surface area contributed by atoms with Crippen LogP contribution in [0.25, 0.3) is 0 Å². The topological polar surface area (TPSA) is 113 Å². The second-order valence-corrected chi connectivity index (χ2v) is 7.63. The third-order valence-electron chi connectivity index (χ3n) is 3.33. The Hall–Kier alpha value is -1.35. The van der Waals surface area contributed by atoms with Crippen LogP contribution in [0, 0.1) is 5.41 Å². The van der Waals surface area contributed by atoms with Gasteiger partial charge in [0.2, 0.25) is 0 Å². The number of carboxylic acid groups (broad SMARTS) is 1. The van der Waals surface area contributed by atoms with E-state index in [0.29, 0.717) is 12.8 Å². The van der Waals surface area contributed by atoms with Crippen molar-refractivity contribution >= 4 is 22.3 Å². The van der Waals surface area contributed by atoms with Gasteiger partial charge < -0.3 is 9.84 Å². The number of piperidine rings is 1. The van der Waals surface area contributed by atoms with Crippen molar-refractivity contribution < 1.29 is 27.9 Å². The number of aliphatic carboxylic acids is 1. The Bertz CT molecular complexity index is 514. The van der Waals surface area contributed by atoms with E-state index in [9.17, 15) is 23.1 Å². The van der Waals surface area contributed by atoms with Gasteiger partial charge in [0.05, 0.1) is 6.10 Å². The lowest BCUT2D eigenvalue weighted by molar-refractivity contribution is -0.147. The van der Waals surface area contributed by atoms with Crippen LogP contribution in [-0.2, 0) is 19.7 Å². The van der Waals surface area contributed by atoms with Crippen LogP contribution < -0.4 is 4.72 Å². The molecule has 122 valence electrons. The number of nitrogens with zero attached hydrogens (tertiary/aromatic N) is 1. The molecule has 1 saturated heterocycles. The molecule has 1 aliphatic rings. The van der Waals surface area contributed by atoms with Crippen molar-refractivity contribution in [1.82, 2.24) is 9.03 Å². The number of rotatable bonds is 4. The van der Waals surface area contributed by atoms with Crippen LogP contribution in [0.5, 0.6) is 0 Å². The molecule has 1 atom stereocenters. The number of hydrogen-bond donors (Lipinski definition) is 2. The Labute approximate surface area is 124 Å². The summed E-state index contributed by atoms with van der Waals surface area (Å²) in [6, 6.07) is -1.23. The Morgan fingerprint density at radius 1 is 1.38 bits per heavy atom. The molecule has 1 rings (SSSR count). The molecule has 0 aliphatic carbocycles. The summed E-state index contributed by atoms with van der Waals surface area (Å²) in [5.41, 5.74) is -0.721. The average molecular weight is 322 g/mol. The van der Waals surface area contributed by atoms with Crippen molar-refractivity contribution in [1.29, 1.82) is 0 Å². The third kappa shape index (κ3) is 4.31. The van der Waals surface area contributed by atoms with E-state index in [1.807, 2.05) is 0 Å². The molecule has 1 amide bonds. The quantitative estimate of drug-likeness (QED) is 0.796. The maximum Gasteiger partial charge on any atom is 0.422 e. The van der Waals surface area contributed by atoms with E-state index >= 15 is 0 Å². The fourth-order valence-electron chi connectivity index (χ4n) is 2.46. The van der Waals surface area contributed by atoms with Crippen molar-refractivity contribution in [2.75, 3.05) is 6.54 Å². The highest BCUT2D eigenvalue weighted by atomic mass is 32.2. The first kappa shape index (κ1) is 17.7. The van der Waals surface area contributed by atoms with Gasteiger partial charge in [0.25, 0.3) is 0 Å². The normalized spacial score (nSPS) is 22.8. The fraction of sp³-hybridized carbons (Fsp3) is 0.833. The summed E-state index contributed by atoms with van der Waals surface area (Å²) in [6.07, 6.45) is -0.477. The summed E-state index contributed by atoms with van der Waals surface area (Å²) in [5.74, 6) is -1.23. The molecule has 0 saturated carbocycles. The highest BCUT2D eigenvalue weighted by Crippen LogP contribution is 2.36. The SMILES string of the molecule is CC(C)OC(=O)NS(=O)(=O)N1CCCC(C)(C)C1C(=O)O. The fourth-order valence-corrected chi connectivity index (χ4v) is 3.86. The summed E-state index contributed by atoms with van der Waals surface area (Å²) < 4.78 is 31.8. The van der Waals surface area contributed by atoms with E-state index in [1.165, 1.54) is 0 Å². The van der Waals surface area contributed by atoms with E-state index < -0.39 is 39.8 Å². The standard InChI is InChI=1S/C12H22N2O6S/c1-8(2)20-11(17)13-21(18,19)14-7-5-6-12(3,4)9(14)10(15)16/h8-9H,5-7H2,1-4H3,(H,13,17)(H,15,16). The van der Waals surface area contributed by atoms with Crippen molar-refractivity contribution in [2.24, 2.45) is 5.41 Å². The maximum absolute atomic E-state index is 12.2. The number of nitrogens with one attached hydrogen (secondary N) is 1. The van der Waals surface area contributed by atoms with E-state index in [0.717, 1.165) is 4.31 Å². The van der Waals surface area contributed by atoms with Crippen molar-refractivity contribution in [3.8, 4) is 0 Å². The number of carboxylic acids is 1. The molecule has 1 unspecified atom stereocenters. The lowest BCUT2D eigenvalue weighted by Crippen LogP contribution is -2.59. The second-order valence-electron chi connectivity index (χ2n) is 6.00. The van der Waals surface area contributed by atoms with Crippen molar-refractivity contribution in [3.05, 3.63) is 0 Å². The zero-order valence-corrected chi connectivity index (χ0v) is 13.4. The molecule has 21 heavy (non-hydrogen) atoms. The minimum absolute atomic E-state index is 0.0463. The molecule has 1 aliphatic heterocycles. The van der Waals surface area contributed by atoms with Gasteiger partial charge in [0.15, 0.2) is 0 Å². The van der Waals surface area contributed by atoms with Crippen LogP contribution in [0.15, 0.2) is 0 Å². The molecule has 8 nitrogen and oxygen atoms in total. The smallest absolute Gasteiger partial charge is 0.422 e. The molecular formula is C12H22N2O6S. The van der Waals surface area contributed by atoms with E-state index in [2.05, 4.69) is 0 Å². The molecule has 0 aromatic carbocycles. The largest absolute Gasteiger partial charge is 0.480 e. The van der Waals surface area contributed by atoms with Crippen LogP contribution >= 0.6 is 0 Å². The molecule has 0 aromatic heterocycles. The highest BCUT2D eigenvalue weighted by Gasteiger charge is 2.47. The van der Waals surface area contributed by atoms with E-state index in [-0.39, 0.29) is 6.54 Å². The zero-order valence-electron chi connectivity index (χ0n) is 12.6. The molecule has 1 fully saturated rings. The summed E-state index contributed by atoms with van der Waals surface area (Å²) >= 11 is 0. The van der Waals surface area contributed by atoms with Gasteiger partial charge in [-0.1, -0.05) is 13.8 Å². The molecule has 0 spiro atoms. The van der Waals surface area contributed by atoms with Crippen LogP contribution in [0.1, 0.15) is 40.5 Å². The number of carbonyl (C=O) groups excluding carboxylic acids is 1. The van der Waals surface area contributed by atoms with Crippen molar-refractivity contribution in [3.63, 3.8) is 0 Å². The average Bonchev–Trinajstić information content (AvgIpc) is 2.24. The zero-order chi connectivity index (χ0) is 16.4. The van der Waals surface area contributed by atoms with E-state index in [4.69, 9.17) is 4.74 Å². The number of carbonyl (C=O) groups is 2. The summed E-state index contributed by atoms with van der Waals surface area (Å²) in [4.78, 5) is 22.9. The minimum Gasteiger partial charge on any atom is -0.480 e. The highest BCUT2D eigenvalue weighted by molar-refractivity contribution is 7.87. The third-order valence-corrected chi connectivity index (χ3v) is 4.76. The number of amides is 1. The first-order chi connectivity index (χ1) is 9.47. The van der Waals surface area contributed by atoms with E-state index in [1.54, 1.807) is 32.4 Å². The second kappa shape index (κ2) is 6.18. The Morgan fingerprint density at radius 3 is 2.43 bits per heavy atom. The Morgan fingerprint density at radius 2 is 1.95 bits per heavy atom. The van der Waals surface area contributed by atoms with Gasteiger partial charge in [0.1, 0.15) is 6.04 Å². The monoisotopic (exact) mass is 322 g/mol. The molecule has 1 heterocycles. The van der Waals surface area contributed by atoms with Gasteiger partial charge in [-0.25, -0.2) is 9.52 Å². The number of hydrogen-bond acceptors (Lipinski definition) is 5. The molecule has 9 heteroatoms. The summed E-state index contributed by atoms with van der Waals surface area (Å²) in [5, 5.41) is 9.34. The van der Waals surface area contributed by atoms with Gasteiger partial charge >= 0.3 is 22.3 Å². The van der Waals surface area contributed by atoms with Crippen LogP contribution in [0.2, 0.25) is 0 Å². The molecule has 0 bridgehead atoms. The van der Waals surface area contributed by atoms with Gasteiger partial charge in [-0.3, -0.25) is 4.79 Å². The van der Waals surface area contributed by atoms with Gasteiger partial charge in [-0.15, -0.1) is 0 Å². The molecule has 2 N–H and O–H groups in total. The molecule has 0 aromatic rings. The Balaban J connectivity index is 2.99. The first-order valence-electron chi connectivity index (χ1n) is 6.70.